The van der Waals surface area contributed by atoms with E-state index in [0.29, 0.717) is 33.9 Å². The molecule has 0 bridgehead atoms. The van der Waals surface area contributed by atoms with Crippen LogP contribution in [-0.4, -0.2) is 54.1 Å². The van der Waals surface area contributed by atoms with E-state index in [0.717, 1.165) is 13.0 Å². The summed E-state index contributed by atoms with van der Waals surface area (Å²) in [6.07, 6.45) is 3.99. The third-order valence-electron chi connectivity index (χ3n) is 3.91. The van der Waals surface area contributed by atoms with Crippen LogP contribution in [0.3, 0.4) is 0 Å². The minimum Gasteiger partial charge on any atom is -0.488 e. The van der Waals surface area contributed by atoms with E-state index in [1.807, 2.05) is 0 Å². The van der Waals surface area contributed by atoms with Crippen LogP contribution in [0.1, 0.15) is 16.9 Å². The number of rotatable bonds is 4. The number of amides is 1. The Balaban J connectivity index is 1.67. The van der Waals surface area contributed by atoms with Crippen LogP contribution < -0.4 is 9.64 Å². The predicted octanol–water partition coefficient (Wildman–Crippen LogP) is 3.14. The molecule has 8 heteroatoms. The lowest BCUT2D eigenvalue weighted by molar-refractivity contribution is 0.0821. The summed E-state index contributed by atoms with van der Waals surface area (Å²) in [5, 5.41) is 0.967. The second-order valence-corrected chi connectivity index (χ2v) is 6.83. The lowest BCUT2D eigenvalue weighted by Gasteiger charge is -2.19. The van der Waals surface area contributed by atoms with Crippen molar-refractivity contribution >= 4 is 34.9 Å². The Morgan fingerprint density at radius 2 is 2.08 bits per heavy atom. The van der Waals surface area contributed by atoms with Crippen molar-refractivity contribution in [3.8, 4) is 5.75 Å². The Morgan fingerprint density at radius 1 is 1.28 bits per heavy atom. The molecule has 1 aromatic carbocycles. The molecule has 0 radical (unpaired) electrons. The van der Waals surface area contributed by atoms with Gasteiger partial charge in [0.05, 0.1) is 29.0 Å². The van der Waals surface area contributed by atoms with Gasteiger partial charge in [0.25, 0.3) is 5.91 Å². The molecule has 1 unspecified atom stereocenters. The third-order valence-corrected chi connectivity index (χ3v) is 4.65. The van der Waals surface area contributed by atoms with Gasteiger partial charge in [-0.25, -0.2) is 4.98 Å². The Hall–Kier alpha value is -2.05. The molecule has 132 valence electrons. The van der Waals surface area contributed by atoms with Crippen LogP contribution >= 0.6 is 23.2 Å². The summed E-state index contributed by atoms with van der Waals surface area (Å²) in [5.74, 6) is 1.19. The largest absolute Gasteiger partial charge is 0.488 e. The molecule has 1 aliphatic rings. The van der Waals surface area contributed by atoms with Crippen LogP contribution in [0.2, 0.25) is 10.0 Å². The highest BCUT2D eigenvalue weighted by Crippen LogP contribution is 2.28. The molecule has 1 aromatic heterocycles. The van der Waals surface area contributed by atoms with Gasteiger partial charge in [-0.15, -0.1) is 0 Å². The molecular weight excluding hydrogens is 363 g/mol. The Morgan fingerprint density at radius 3 is 2.80 bits per heavy atom. The standard InChI is InChI=1S/C17H18Cl2N4O2/c1-22(2)17(24)15-8-20-9-16(21-15)23-6-5-12(10-23)25-11-3-4-13(18)14(19)7-11/h3-4,7-9,12H,5-6,10H2,1-2H3. The number of nitrogens with zero attached hydrogens (tertiary/aromatic N) is 4. The molecule has 0 aliphatic carbocycles. The van der Waals surface area contributed by atoms with Crippen molar-refractivity contribution in [2.45, 2.75) is 12.5 Å². The molecule has 0 N–H and O–H groups in total. The first-order valence-electron chi connectivity index (χ1n) is 7.84. The van der Waals surface area contributed by atoms with E-state index in [2.05, 4.69) is 14.9 Å². The monoisotopic (exact) mass is 380 g/mol. The van der Waals surface area contributed by atoms with Crippen molar-refractivity contribution < 1.29 is 9.53 Å². The van der Waals surface area contributed by atoms with Crippen LogP contribution in [0.4, 0.5) is 5.82 Å². The number of halogens is 2. The van der Waals surface area contributed by atoms with Crippen LogP contribution in [0, 0.1) is 0 Å². The normalized spacial score (nSPS) is 16.8. The summed E-state index contributed by atoms with van der Waals surface area (Å²) in [6, 6.07) is 5.23. The highest BCUT2D eigenvalue weighted by Gasteiger charge is 2.26. The molecule has 1 fully saturated rings. The van der Waals surface area contributed by atoms with Crippen LogP contribution in [-0.2, 0) is 0 Å². The van der Waals surface area contributed by atoms with E-state index in [9.17, 15) is 4.79 Å². The van der Waals surface area contributed by atoms with Gasteiger partial charge in [0, 0.05) is 33.1 Å². The highest BCUT2D eigenvalue weighted by atomic mass is 35.5. The molecule has 0 saturated carbocycles. The SMILES string of the molecule is CN(C)C(=O)c1cncc(N2CCC(Oc3ccc(Cl)c(Cl)c3)C2)n1. The maximum Gasteiger partial charge on any atom is 0.273 e. The second-order valence-electron chi connectivity index (χ2n) is 6.01. The van der Waals surface area contributed by atoms with Crippen molar-refractivity contribution in [2.75, 3.05) is 32.1 Å². The van der Waals surface area contributed by atoms with Gasteiger partial charge in [-0.1, -0.05) is 23.2 Å². The molecular formula is C17H18Cl2N4O2. The maximum absolute atomic E-state index is 12.0. The van der Waals surface area contributed by atoms with Crippen molar-refractivity contribution in [2.24, 2.45) is 0 Å². The first-order chi connectivity index (χ1) is 11.9. The number of hydrogen-bond acceptors (Lipinski definition) is 5. The van der Waals surface area contributed by atoms with E-state index in [1.54, 1.807) is 38.5 Å². The number of carbonyl (C=O) groups is 1. The molecule has 1 atom stereocenters. The number of anilines is 1. The van der Waals surface area contributed by atoms with E-state index < -0.39 is 0 Å². The minimum absolute atomic E-state index is 0.00671. The smallest absolute Gasteiger partial charge is 0.273 e. The number of carbonyl (C=O) groups excluding carboxylic acids is 1. The number of benzene rings is 1. The third kappa shape index (κ3) is 4.14. The average Bonchev–Trinajstić information content (AvgIpc) is 3.06. The minimum atomic E-state index is -0.169. The summed E-state index contributed by atoms with van der Waals surface area (Å²) in [4.78, 5) is 24.1. The summed E-state index contributed by atoms with van der Waals surface area (Å²) in [7, 11) is 3.38. The molecule has 1 amide bonds. The van der Waals surface area contributed by atoms with E-state index in [1.165, 1.54) is 11.1 Å². The molecule has 2 aromatic rings. The Labute approximate surface area is 156 Å². The van der Waals surface area contributed by atoms with Crippen LogP contribution in [0.25, 0.3) is 0 Å². The number of ether oxygens (including phenoxy) is 1. The zero-order chi connectivity index (χ0) is 18.0. The molecule has 0 spiro atoms. The maximum atomic E-state index is 12.0. The van der Waals surface area contributed by atoms with Gasteiger partial charge < -0.3 is 14.5 Å². The lowest BCUT2D eigenvalue weighted by atomic mass is 10.3. The van der Waals surface area contributed by atoms with E-state index in [4.69, 9.17) is 27.9 Å². The number of hydrogen-bond donors (Lipinski definition) is 0. The van der Waals surface area contributed by atoms with Crippen LogP contribution in [0.15, 0.2) is 30.6 Å². The van der Waals surface area contributed by atoms with Gasteiger partial charge in [0.1, 0.15) is 23.4 Å². The first kappa shape index (κ1) is 17.8. The zero-order valence-electron chi connectivity index (χ0n) is 13.9. The van der Waals surface area contributed by atoms with Gasteiger partial charge >= 0.3 is 0 Å². The topological polar surface area (TPSA) is 58.6 Å². The van der Waals surface area contributed by atoms with Crippen molar-refractivity contribution in [3.63, 3.8) is 0 Å². The van der Waals surface area contributed by atoms with Gasteiger partial charge in [-0.3, -0.25) is 9.78 Å². The molecule has 25 heavy (non-hydrogen) atoms. The Bertz CT molecular complexity index is 785. The highest BCUT2D eigenvalue weighted by molar-refractivity contribution is 6.42. The molecule has 6 nitrogen and oxygen atoms in total. The quantitative estimate of drug-likeness (QED) is 0.815. The molecule has 1 aliphatic heterocycles. The first-order valence-corrected chi connectivity index (χ1v) is 8.60. The fraction of sp³-hybridized carbons (Fsp3) is 0.353. The summed E-state index contributed by atoms with van der Waals surface area (Å²) in [6.45, 7) is 1.44. The Kier molecular flexibility index (Phi) is 5.30. The average molecular weight is 381 g/mol. The van der Waals surface area contributed by atoms with Gasteiger partial charge in [-0.2, -0.15) is 0 Å². The van der Waals surface area contributed by atoms with Crippen molar-refractivity contribution in [1.29, 1.82) is 0 Å². The molecule has 1 saturated heterocycles. The summed E-state index contributed by atoms with van der Waals surface area (Å²) >= 11 is 11.9. The summed E-state index contributed by atoms with van der Waals surface area (Å²) < 4.78 is 5.97. The molecule has 2 heterocycles. The van der Waals surface area contributed by atoms with E-state index in [-0.39, 0.29) is 12.0 Å². The zero-order valence-corrected chi connectivity index (χ0v) is 15.5. The van der Waals surface area contributed by atoms with Crippen molar-refractivity contribution in [3.05, 3.63) is 46.3 Å². The van der Waals surface area contributed by atoms with E-state index >= 15 is 0 Å². The van der Waals surface area contributed by atoms with Gasteiger partial charge in [-0.05, 0) is 12.1 Å². The van der Waals surface area contributed by atoms with Gasteiger partial charge in [0.15, 0.2) is 0 Å². The number of aromatic nitrogens is 2. The fourth-order valence-corrected chi connectivity index (χ4v) is 2.90. The van der Waals surface area contributed by atoms with Crippen molar-refractivity contribution in [1.82, 2.24) is 14.9 Å². The van der Waals surface area contributed by atoms with Crippen LogP contribution in [0.5, 0.6) is 5.75 Å². The fourth-order valence-electron chi connectivity index (χ4n) is 2.62. The summed E-state index contributed by atoms with van der Waals surface area (Å²) in [5.41, 5.74) is 0.330. The second kappa shape index (κ2) is 7.45. The lowest BCUT2D eigenvalue weighted by Crippen LogP contribution is -2.27. The molecule has 3 rings (SSSR count). The van der Waals surface area contributed by atoms with Gasteiger partial charge in [0.2, 0.25) is 0 Å². The predicted molar refractivity (Wildman–Crippen MR) is 97.8 cm³/mol.